The molecule has 4 rings (SSSR count). The summed E-state index contributed by atoms with van der Waals surface area (Å²) in [6.45, 7) is 0.485. The molecule has 0 fully saturated rings. The maximum Gasteiger partial charge on any atom is 0.292 e. The number of fused-ring (bicyclic) bond motifs is 1. The van der Waals surface area contributed by atoms with Crippen LogP contribution in [0.4, 0.5) is 10.1 Å². The number of hydrogen-bond acceptors (Lipinski definition) is 4. The lowest BCUT2D eigenvalue weighted by Gasteiger charge is -2.09. The number of aromatic amines is 1. The van der Waals surface area contributed by atoms with E-state index in [2.05, 4.69) is 20.4 Å². The summed E-state index contributed by atoms with van der Waals surface area (Å²) in [5.74, 6) is 0.400. The number of H-pyrrole nitrogens is 1. The second-order valence-corrected chi connectivity index (χ2v) is 6.32. The minimum atomic E-state index is -0.396. The molecule has 0 aliphatic rings. The molecule has 0 saturated heterocycles. The quantitative estimate of drug-likeness (QED) is 0.552. The number of nitrogens with zero attached hydrogens (tertiary/aromatic N) is 3. The van der Waals surface area contributed by atoms with Gasteiger partial charge in [0, 0.05) is 13.0 Å². The topological polar surface area (TPSA) is 75.6 Å². The van der Waals surface area contributed by atoms with Crippen molar-refractivity contribution in [1.82, 2.24) is 19.7 Å². The maximum atomic E-state index is 13.2. The summed E-state index contributed by atoms with van der Waals surface area (Å²) in [6, 6.07) is 13.5. The van der Waals surface area contributed by atoms with Crippen molar-refractivity contribution in [2.24, 2.45) is 0 Å². The Bertz CT molecular complexity index is 1160. The van der Waals surface area contributed by atoms with Crippen LogP contribution in [0.5, 0.6) is 0 Å². The van der Waals surface area contributed by atoms with Crippen molar-refractivity contribution in [3.05, 3.63) is 81.7 Å². The van der Waals surface area contributed by atoms with Crippen molar-refractivity contribution in [3.63, 3.8) is 0 Å². The van der Waals surface area contributed by atoms with Gasteiger partial charge in [-0.3, -0.25) is 4.79 Å². The summed E-state index contributed by atoms with van der Waals surface area (Å²) < 4.78 is 14.5. The number of hydrogen-bond donors (Lipinski definition) is 2. The third kappa shape index (κ3) is 3.54. The molecule has 4 aromatic rings. The summed E-state index contributed by atoms with van der Waals surface area (Å²) in [4.78, 5) is 19.9. The average molecular weight is 384 g/mol. The number of anilines is 1. The Morgan fingerprint density at radius 1 is 1.19 bits per heavy atom. The van der Waals surface area contributed by atoms with Gasteiger partial charge in [0.05, 0.1) is 28.6 Å². The first-order valence-corrected chi connectivity index (χ1v) is 8.71. The van der Waals surface area contributed by atoms with Gasteiger partial charge < -0.3 is 10.3 Å². The van der Waals surface area contributed by atoms with Crippen LogP contribution in [0, 0.1) is 5.82 Å². The molecule has 8 heteroatoms. The van der Waals surface area contributed by atoms with E-state index in [0.29, 0.717) is 41.2 Å². The summed E-state index contributed by atoms with van der Waals surface area (Å²) in [6.07, 6.45) is 2.07. The molecule has 2 heterocycles. The lowest BCUT2D eigenvalue weighted by molar-refractivity contribution is 0.629. The normalized spacial score (nSPS) is 11.0. The van der Waals surface area contributed by atoms with E-state index in [-0.39, 0.29) is 10.8 Å². The number of imidazole rings is 1. The molecule has 0 aliphatic heterocycles. The first-order chi connectivity index (χ1) is 13.1. The SMILES string of the molecule is O=c1c(Cl)c(NCCc2nc3ccc(F)cc3[nH]2)cnn1-c1ccccc1. The molecule has 0 aliphatic carbocycles. The lowest BCUT2D eigenvalue weighted by atomic mass is 10.3. The molecule has 136 valence electrons. The Balaban J connectivity index is 1.48. The van der Waals surface area contributed by atoms with Crippen LogP contribution in [0.1, 0.15) is 5.82 Å². The number of aromatic nitrogens is 4. The second kappa shape index (κ2) is 7.20. The fourth-order valence-electron chi connectivity index (χ4n) is 2.78. The Morgan fingerprint density at radius 3 is 2.81 bits per heavy atom. The smallest absolute Gasteiger partial charge is 0.292 e. The zero-order valence-electron chi connectivity index (χ0n) is 14.1. The number of rotatable bonds is 5. The van der Waals surface area contributed by atoms with Crippen LogP contribution < -0.4 is 10.9 Å². The van der Waals surface area contributed by atoms with E-state index >= 15 is 0 Å². The van der Waals surface area contributed by atoms with Gasteiger partial charge in [-0.15, -0.1) is 0 Å². The van der Waals surface area contributed by atoms with Crippen molar-refractivity contribution in [3.8, 4) is 5.69 Å². The third-order valence-electron chi connectivity index (χ3n) is 4.09. The van der Waals surface area contributed by atoms with E-state index in [1.54, 1.807) is 18.2 Å². The van der Waals surface area contributed by atoms with E-state index in [0.717, 1.165) is 0 Å². The van der Waals surface area contributed by atoms with Gasteiger partial charge in [-0.25, -0.2) is 9.37 Å². The van der Waals surface area contributed by atoms with Crippen LogP contribution in [0.3, 0.4) is 0 Å². The molecular weight excluding hydrogens is 369 g/mol. The zero-order valence-corrected chi connectivity index (χ0v) is 14.9. The van der Waals surface area contributed by atoms with Crippen LogP contribution in [-0.2, 0) is 6.42 Å². The summed E-state index contributed by atoms with van der Waals surface area (Å²) in [7, 11) is 0. The highest BCUT2D eigenvalue weighted by Gasteiger charge is 2.11. The van der Waals surface area contributed by atoms with Gasteiger partial charge in [0.15, 0.2) is 0 Å². The fourth-order valence-corrected chi connectivity index (χ4v) is 2.97. The van der Waals surface area contributed by atoms with Crippen molar-refractivity contribution >= 4 is 28.3 Å². The van der Waals surface area contributed by atoms with Crippen LogP contribution >= 0.6 is 11.6 Å². The van der Waals surface area contributed by atoms with Gasteiger partial charge in [-0.1, -0.05) is 29.8 Å². The predicted molar refractivity (Wildman–Crippen MR) is 103 cm³/mol. The zero-order chi connectivity index (χ0) is 18.8. The summed E-state index contributed by atoms with van der Waals surface area (Å²) >= 11 is 6.21. The monoisotopic (exact) mass is 383 g/mol. The van der Waals surface area contributed by atoms with E-state index in [1.165, 1.54) is 23.0 Å². The van der Waals surface area contributed by atoms with Gasteiger partial charge in [-0.2, -0.15) is 9.78 Å². The van der Waals surface area contributed by atoms with Gasteiger partial charge in [-0.05, 0) is 30.3 Å². The Kier molecular flexibility index (Phi) is 4.60. The minimum Gasteiger partial charge on any atom is -0.382 e. The minimum absolute atomic E-state index is 0.0699. The molecular formula is C19H15ClFN5O. The summed E-state index contributed by atoms with van der Waals surface area (Å²) in [5.41, 5.74) is 2.06. The van der Waals surface area contributed by atoms with Gasteiger partial charge >= 0.3 is 0 Å². The molecule has 2 aromatic heterocycles. The Labute approximate surface area is 158 Å². The molecule has 0 atom stereocenters. The van der Waals surface area contributed by atoms with E-state index in [1.807, 2.05) is 18.2 Å². The van der Waals surface area contributed by atoms with Crippen LogP contribution in [-0.4, -0.2) is 26.3 Å². The van der Waals surface area contributed by atoms with Gasteiger partial charge in [0.2, 0.25) is 0 Å². The molecule has 2 aromatic carbocycles. The maximum absolute atomic E-state index is 13.2. The standard InChI is InChI=1S/C19H15ClFN5O/c20-18-16(11-23-26(19(18)27)13-4-2-1-3-5-13)22-9-8-17-24-14-7-6-12(21)10-15(14)25-17/h1-7,10-11,22H,8-9H2,(H,24,25). The molecule has 0 saturated carbocycles. The molecule has 0 radical (unpaired) electrons. The molecule has 0 spiro atoms. The highest BCUT2D eigenvalue weighted by atomic mass is 35.5. The first-order valence-electron chi connectivity index (χ1n) is 8.33. The third-order valence-corrected chi connectivity index (χ3v) is 4.46. The van der Waals surface area contributed by atoms with Gasteiger partial charge in [0.25, 0.3) is 5.56 Å². The largest absolute Gasteiger partial charge is 0.382 e. The second-order valence-electron chi connectivity index (χ2n) is 5.95. The Hall–Kier alpha value is -3.19. The molecule has 0 unspecified atom stereocenters. The van der Waals surface area contributed by atoms with Crippen LogP contribution in [0.15, 0.2) is 59.5 Å². The van der Waals surface area contributed by atoms with Crippen molar-refractivity contribution in [1.29, 1.82) is 0 Å². The highest BCUT2D eigenvalue weighted by molar-refractivity contribution is 6.32. The van der Waals surface area contributed by atoms with Gasteiger partial charge in [0.1, 0.15) is 16.7 Å². The molecule has 27 heavy (non-hydrogen) atoms. The van der Waals surface area contributed by atoms with Crippen molar-refractivity contribution in [2.75, 3.05) is 11.9 Å². The number of halogens is 2. The summed E-state index contributed by atoms with van der Waals surface area (Å²) in [5, 5.41) is 7.34. The molecule has 0 bridgehead atoms. The van der Waals surface area contributed by atoms with E-state index in [9.17, 15) is 9.18 Å². The number of nitrogens with one attached hydrogen (secondary N) is 2. The Morgan fingerprint density at radius 2 is 2.00 bits per heavy atom. The highest BCUT2D eigenvalue weighted by Crippen LogP contribution is 2.17. The fraction of sp³-hybridized carbons (Fsp3) is 0.105. The molecule has 6 nitrogen and oxygen atoms in total. The number of benzene rings is 2. The number of para-hydroxylation sites is 1. The average Bonchev–Trinajstić information content (AvgIpc) is 3.08. The van der Waals surface area contributed by atoms with Crippen LogP contribution in [0.2, 0.25) is 5.02 Å². The lowest BCUT2D eigenvalue weighted by Crippen LogP contribution is -2.23. The first kappa shape index (κ1) is 17.2. The van der Waals surface area contributed by atoms with Crippen molar-refractivity contribution in [2.45, 2.75) is 6.42 Å². The van der Waals surface area contributed by atoms with E-state index in [4.69, 9.17) is 11.6 Å². The molecule has 2 N–H and O–H groups in total. The molecule has 0 amide bonds. The van der Waals surface area contributed by atoms with Crippen LogP contribution in [0.25, 0.3) is 16.7 Å². The predicted octanol–water partition coefficient (Wildman–Crippen LogP) is 3.56. The van der Waals surface area contributed by atoms with Crippen molar-refractivity contribution < 1.29 is 4.39 Å². The van der Waals surface area contributed by atoms with E-state index < -0.39 is 5.56 Å².